The van der Waals surface area contributed by atoms with Gasteiger partial charge in [0.2, 0.25) is 0 Å². The minimum atomic E-state index is -0.728. The highest BCUT2D eigenvalue weighted by atomic mass is 35.5. The number of anilines is 1. The van der Waals surface area contributed by atoms with Gasteiger partial charge in [0.25, 0.3) is 0 Å². The lowest BCUT2D eigenvalue weighted by Crippen LogP contribution is -2.27. The average Bonchev–Trinajstić information content (AvgIpc) is 2.98. The Kier molecular flexibility index (Phi) is 3.49. The summed E-state index contributed by atoms with van der Waals surface area (Å²) in [6.45, 7) is 5.37. The Hall–Kier alpha value is -1.26. The molecule has 1 aromatic rings. The second-order valence-electron chi connectivity index (χ2n) is 5.85. The molecule has 0 atom stereocenters. The van der Waals surface area contributed by atoms with Crippen molar-refractivity contribution in [1.82, 2.24) is 0 Å². The molecule has 2 N–H and O–H groups in total. The second kappa shape index (κ2) is 4.69. The van der Waals surface area contributed by atoms with Crippen LogP contribution < -0.4 is 5.32 Å². The largest absolute Gasteiger partial charge is 0.444 e. The molecule has 1 aliphatic rings. The Bertz CT molecular complexity index is 504. The zero-order chi connectivity index (χ0) is 14.3. The topological polar surface area (TPSA) is 58.6 Å². The number of ether oxygens (including phenoxy) is 1. The van der Waals surface area contributed by atoms with Crippen molar-refractivity contribution in [2.24, 2.45) is 0 Å². The summed E-state index contributed by atoms with van der Waals surface area (Å²) in [6, 6.07) is 5.13. The van der Waals surface area contributed by atoms with E-state index in [9.17, 15) is 9.90 Å². The summed E-state index contributed by atoms with van der Waals surface area (Å²) in [5.74, 6) is 0. The van der Waals surface area contributed by atoms with Crippen molar-refractivity contribution in [2.75, 3.05) is 5.32 Å². The molecular weight excluding hydrogens is 266 g/mol. The van der Waals surface area contributed by atoms with Crippen molar-refractivity contribution in [3.8, 4) is 0 Å². The summed E-state index contributed by atoms with van der Waals surface area (Å²) < 4.78 is 5.15. The predicted molar refractivity (Wildman–Crippen MR) is 74.4 cm³/mol. The van der Waals surface area contributed by atoms with Gasteiger partial charge < -0.3 is 9.84 Å². The smallest absolute Gasteiger partial charge is 0.412 e. The maximum absolute atomic E-state index is 11.6. The number of benzene rings is 1. The quantitative estimate of drug-likeness (QED) is 0.871. The number of rotatable bonds is 2. The van der Waals surface area contributed by atoms with Gasteiger partial charge in [-0.2, -0.15) is 0 Å². The van der Waals surface area contributed by atoms with Crippen LogP contribution >= 0.6 is 11.6 Å². The van der Waals surface area contributed by atoms with Crippen LogP contribution in [0.15, 0.2) is 18.2 Å². The highest BCUT2D eigenvalue weighted by Gasteiger charge is 2.42. The van der Waals surface area contributed by atoms with E-state index in [1.165, 1.54) is 0 Å². The number of nitrogens with one attached hydrogen (secondary N) is 1. The summed E-state index contributed by atoms with van der Waals surface area (Å²) in [4.78, 5) is 11.6. The van der Waals surface area contributed by atoms with Gasteiger partial charge in [-0.1, -0.05) is 17.7 Å². The van der Waals surface area contributed by atoms with Crippen LogP contribution in [0.2, 0.25) is 5.02 Å². The average molecular weight is 284 g/mol. The minimum Gasteiger partial charge on any atom is -0.444 e. The summed E-state index contributed by atoms with van der Waals surface area (Å²) in [5, 5.41) is 13.0. The highest BCUT2D eigenvalue weighted by Crippen LogP contribution is 2.46. The molecule has 1 fully saturated rings. The van der Waals surface area contributed by atoms with Gasteiger partial charge in [-0.3, -0.25) is 5.32 Å². The van der Waals surface area contributed by atoms with Gasteiger partial charge >= 0.3 is 6.09 Å². The Morgan fingerprint density at radius 3 is 2.53 bits per heavy atom. The van der Waals surface area contributed by atoms with E-state index in [2.05, 4.69) is 5.32 Å². The van der Waals surface area contributed by atoms with Crippen LogP contribution in [0.3, 0.4) is 0 Å². The van der Waals surface area contributed by atoms with Gasteiger partial charge in [0.1, 0.15) is 5.60 Å². The maximum Gasteiger partial charge on any atom is 0.412 e. The first-order chi connectivity index (χ1) is 8.70. The van der Waals surface area contributed by atoms with E-state index >= 15 is 0 Å². The van der Waals surface area contributed by atoms with Crippen molar-refractivity contribution < 1.29 is 14.6 Å². The Morgan fingerprint density at radius 2 is 2.05 bits per heavy atom. The van der Waals surface area contributed by atoms with Crippen LogP contribution in [0.4, 0.5) is 10.5 Å². The van der Waals surface area contributed by atoms with Crippen molar-refractivity contribution in [3.63, 3.8) is 0 Å². The molecule has 1 aromatic carbocycles. The van der Waals surface area contributed by atoms with Crippen LogP contribution in [-0.4, -0.2) is 16.8 Å². The Labute approximate surface area is 117 Å². The number of carbonyl (C=O) groups excluding carboxylic acids is 1. The van der Waals surface area contributed by atoms with Gasteiger partial charge in [0.15, 0.2) is 0 Å². The summed E-state index contributed by atoms with van der Waals surface area (Å²) >= 11 is 6.10. The zero-order valence-electron chi connectivity index (χ0n) is 11.3. The second-order valence-corrected chi connectivity index (χ2v) is 6.26. The van der Waals surface area contributed by atoms with Crippen LogP contribution in [0.1, 0.15) is 39.2 Å². The molecule has 0 unspecified atom stereocenters. The van der Waals surface area contributed by atoms with Gasteiger partial charge in [0, 0.05) is 0 Å². The molecule has 0 heterocycles. The van der Waals surface area contributed by atoms with Crippen LogP contribution in [-0.2, 0) is 10.3 Å². The third-order valence-corrected chi connectivity index (χ3v) is 3.18. The van der Waals surface area contributed by atoms with E-state index in [1.807, 2.05) is 0 Å². The zero-order valence-corrected chi connectivity index (χ0v) is 12.0. The highest BCUT2D eigenvalue weighted by molar-refractivity contribution is 6.33. The third-order valence-electron chi connectivity index (χ3n) is 2.87. The molecule has 5 heteroatoms. The molecule has 0 radical (unpaired) electrons. The van der Waals surface area contributed by atoms with Crippen molar-refractivity contribution >= 4 is 23.4 Å². The van der Waals surface area contributed by atoms with Crippen LogP contribution in [0.25, 0.3) is 0 Å². The maximum atomic E-state index is 11.6. The Morgan fingerprint density at radius 1 is 1.42 bits per heavy atom. The fourth-order valence-corrected chi connectivity index (χ4v) is 1.95. The molecule has 1 saturated carbocycles. The van der Waals surface area contributed by atoms with Gasteiger partial charge in [-0.25, -0.2) is 4.79 Å². The molecule has 4 nitrogen and oxygen atoms in total. The third kappa shape index (κ3) is 3.61. The minimum absolute atomic E-state index is 0.392. The molecule has 19 heavy (non-hydrogen) atoms. The summed E-state index contributed by atoms with van der Waals surface area (Å²) in [6.07, 6.45) is 0.955. The molecule has 1 amide bonds. The molecule has 0 spiro atoms. The van der Waals surface area contributed by atoms with E-state index in [1.54, 1.807) is 39.0 Å². The van der Waals surface area contributed by atoms with Gasteiger partial charge in [-0.15, -0.1) is 0 Å². The fraction of sp³-hybridized carbons (Fsp3) is 0.500. The Balaban J connectivity index is 2.07. The molecular formula is C14H18ClNO3. The summed E-state index contributed by atoms with van der Waals surface area (Å²) in [7, 11) is 0. The van der Waals surface area contributed by atoms with Crippen molar-refractivity contribution in [3.05, 3.63) is 28.8 Å². The molecule has 0 bridgehead atoms. The normalized spacial score (nSPS) is 16.9. The van der Waals surface area contributed by atoms with E-state index in [0.29, 0.717) is 10.7 Å². The molecule has 0 aliphatic heterocycles. The van der Waals surface area contributed by atoms with Crippen LogP contribution in [0.5, 0.6) is 0 Å². The molecule has 2 rings (SSSR count). The molecule has 1 aliphatic carbocycles. The van der Waals surface area contributed by atoms with Crippen molar-refractivity contribution in [2.45, 2.75) is 44.8 Å². The van der Waals surface area contributed by atoms with E-state index in [0.717, 1.165) is 18.4 Å². The fourth-order valence-electron chi connectivity index (χ4n) is 1.73. The first-order valence-electron chi connectivity index (χ1n) is 6.22. The number of aliphatic hydroxyl groups is 1. The van der Waals surface area contributed by atoms with Gasteiger partial charge in [-0.05, 0) is 51.3 Å². The first-order valence-corrected chi connectivity index (χ1v) is 6.60. The lowest BCUT2D eigenvalue weighted by Gasteiger charge is -2.20. The standard InChI is InChI=1S/C14H18ClNO3/c1-13(2,3)19-12(17)16-11-5-4-9(8-10(11)15)14(18)6-7-14/h4-5,8,18H,6-7H2,1-3H3,(H,16,17). The first kappa shape index (κ1) is 14.2. The number of amides is 1. The van der Waals surface area contributed by atoms with E-state index in [-0.39, 0.29) is 0 Å². The van der Waals surface area contributed by atoms with Gasteiger partial charge in [0.05, 0.1) is 16.3 Å². The summed E-state index contributed by atoms with van der Waals surface area (Å²) in [5.41, 5.74) is -0.0236. The molecule has 0 aromatic heterocycles. The lowest BCUT2D eigenvalue weighted by molar-refractivity contribution is 0.0636. The SMILES string of the molecule is CC(C)(C)OC(=O)Nc1ccc(C2(O)CC2)cc1Cl. The monoisotopic (exact) mass is 283 g/mol. The van der Waals surface area contributed by atoms with E-state index in [4.69, 9.17) is 16.3 Å². The molecule has 0 saturated heterocycles. The number of hydrogen-bond donors (Lipinski definition) is 2. The lowest BCUT2D eigenvalue weighted by atomic mass is 10.1. The number of halogens is 1. The number of carbonyl (C=O) groups is 1. The molecule has 104 valence electrons. The van der Waals surface area contributed by atoms with E-state index < -0.39 is 17.3 Å². The van der Waals surface area contributed by atoms with Crippen LogP contribution in [0, 0.1) is 0 Å². The predicted octanol–water partition coefficient (Wildman–Crippen LogP) is 3.67. The number of hydrogen-bond acceptors (Lipinski definition) is 3. The van der Waals surface area contributed by atoms with Crippen molar-refractivity contribution in [1.29, 1.82) is 0 Å².